The van der Waals surface area contributed by atoms with Crippen LogP contribution in [0, 0.1) is 11.6 Å². The molecule has 4 heteroatoms. The Morgan fingerprint density at radius 1 is 0.905 bits per heavy atom. The first-order chi connectivity index (χ1) is 10.2. The summed E-state index contributed by atoms with van der Waals surface area (Å²) in [6.07, 6.45) is 0. The number of anilines is 1. The molecule has 21 heavy (non-hydrogen) atoms. The Labute approximate surface area is 123 Å². The zero-order valence-corrected chi connectivity index (χ0v) is 11.9. The van der Waals surface area contributed by atoms with Gasteiger partial charge in [0.1, 0.15) is 6.54 Å². The van der Waals surface area contributed by atoms with E-state index in [4.69, 9.17) is 0 Å². The summed E-state index contributed by atoms with van der Waals surface area (Å²) in [4.78, 5) is 3.78. The standard InChI is InChI=1S/C17H18F2N2/c18-16-7-6-14(12-17(16)19)13-20-8-10-21(11-9-20)15-4-2-1-3-5-15/h1-7,12H,8-11,13H2/p+1. The highest BCUT2D eigenvalue weighted by Gasteiger charge is 2.20. The van der Waals surface area contributed by atoms with Crippen LogP contribution in [0.25, 0.3) is 0 Å². The number of nitrogens with one attached hydrogen (secondary N) is 1. The first-order valence-electron chi connectivity index (χ1n) is 7.30. The van der Waals surface area contributed by atoms with Crippen molar-refractivity contribution in [3.63, 3.8) is 0 Å². The van der Waals surface area contributed by atoms with E-state index in [-0.39, 0.29) is 0 Å². The molecule has 2 aromatic carbocycles. The number of piperazine rings is 1. The first kappa shape index (κ1) is 14.0. The van der Waals surface area contributed by atoms with Crippen LogP contribution in [0.1, 0.15) is 5.56 Å². The van der Waals surface area contributed by atoms with Crippen molar-refractivity contribution in [3.05, 3.63) is 65.7 Å². The van der Waals surface area contributed by atoms with Crippen molar-refractivity contribution in [3.8, 4) is 0 Å². The van der Waals surface area contributed by atoms with Crippen molar-refractivity contribution in [1.82, 2.24) is 0 Å². The first-order valence-corrected chi connectivity index (χ1v) is 7.30. The molecule has 1 aliphatic heterocycles. The number of rotatable bonds is 3. The van der Waals surface area contributed by atoms with Gasteiger partial charge in [-0.3, -0.25) is 0 Å². The molecule has 0 atom stereocenters. The topological polar surface area (TPSA) is 7.68 Å². The van der Waals surface area contributed by atoms with Crippen LogP contribution in [0.4, 0.5) is 14.5 Å². The molecule has 0 aromatic heterocycles. The summed E-state index contributed by atoms with van der Waals surface area (Å²) in [5.41, 5.74) is 2.11. The minimum absolute atomic E-state index is 0.750. The monoisotopic (exact) mass is 289 g/mol. The molecule has 1 fully saturated rings. The van der Waals surface area contributed by atoms with Gasteiger partial charge < -0.3 is 9.80 Å². The third-order valence-corrected chi connectivity index (χ3v) is 4.03. The lowest BCUT2D eigenvalue weighted by atomic mass is 10.2. The highest BCUT2D eigenvalue weighted by atomic mass is 19.2. The van der Waals surface area contributed by atoms with Gasteiger partial charge in [-0.1, -0.05) is 24.3 Å². The number of nitrogens with zero attached hydrogens (tertiary/aromatic N) is 1. The number of para-hydroxylation sites is 1. The Kier molecular flexibility index (Phi) is 4.15. The number of halogens is 2. The molecule has 2 nitrogen and oxygen atoms in total. The van der Waals surface area contributed by atoms with Gasteiger partial charge in [-0.05, 0) is 24.3 Å². The van der Waals surface area contributed by atoms with E-state index in [1.54, 1.807) is 6.07 Å². The third-order valence-electron chi connectivity index (χ3n) is 4.03. The fraction of sp³-hybridized carbons (Fsp3) is 0.294. The Morgan fingerprint density at radius 2 is 1.62 bits per heavy atom. The predicted octanol–water partition coefficient (Wildman–Crippen LogP) is 1.87. The summed E-state index contributed by atoms with van der Waals surface area (Å²) in [5, 5.41) is 0. The zero-order chi connectivity index (χ0) is 14.7. The van der Waals surface area contributed by atoms with Crippen LogP contribution in [0.5, 0.6) is 0 Å². The maximum Gasteiger partial charge on any atom is 0.159 e. The van der Waals surface area contributed by atoms with Gasteiger partial charge >= 0.3 is 0 Å². The van der Waals surface area contributed by atoms with Gasteiger partial charge in [0.15, 0.2) is 11.6 Å². The van der Waals surface area contributed by atoms with Crippen LogP contribution in [0.2, 0.25) is 0 Å². The number of hydrogen-bond acceptors (Lipinski definition) is 1. The van der Waals surface area contributed by atoms with Gasteiger partial charge in [0.2, 0.25) is 0 Å². The number of benzene rings is 2. The van der Waals surface area contributed by atoms with Crippen LogP contribution in [0.15, 0.2) is 48.5 Å². The summed E-state index contributed by atoms with van der Waals surface area (Å²) in [6.45, 7) is 4.74. The van der Waals surface area contributed by atoms with Crippen molar-refractivity contribution < 1.29 is 13.7 Å². The lowest BCUT2D eigenvalue weighted by Crippen LogP contribution is -3.13. The second kappa shape index (κ2) is 6.22. The number of quaternary nitrogens is 1. The second-order valence-electron chi connectivity index (χ2n) is 5.50. The van der Waals surface area contributed by atoms with Gasteiger partial charge in [0, 0.05) is 11.3 Å². The van der Waals surface area contributed by atoms with Crippen LogP contribution in [-0.2, 0) is 6.54 Å². The van der Waals surface area contributed by atoms with Crippen molar-refractivity contribution in [2.75, 3.05) is 31.1 Å². The molecular formula is C17H19F2N2+. The van der Waals surface area contributed by atoms with Crippen molar-refractivity contribution in [2.45, 2.75) is 6.54 Å². The molecule has 2 aromatic rings. The molecule has 0 bridgehead atoms. The Bertz CT molecular complexity index is 593. The summed E-state index contributed by atoms with van der Waals surface area (Å²) in [5.74, 6) is -1.53. The molecule has 0 radical (unpaired) electrons. The second-order valence-corrected chi connectivity index (χ2v) is 5.50. The molecule has 1 aliphatic rings. The summed E-state index contributed by atoms with van der Waals surface area (Å²) in [7, 11) is 0. The molecule has 0 unspecified atom stereocenters. The molecule has 1 heterocycles. The van der Waals surface area contributed by atoms with E-state index in [2.05, 4.69) is 29.2 Å². The average Bonchev–Trinajstić information content (AvgIpc) is 2.53. The number of hydrogen-bond donors (Lipinski definition) is 1. The Morgan fingerprint density at radius 3 is 2.29 bits per heavy atom. The van der Waals surface area contributed by atoms with Gasteiger partial charge in [-0.25, -0.2) is 8.78 Å². The highest BCUT2D eigenvalue weighted by molar-refractivity contribution is 5.46. The molecular weight excluding hydrogens is 270 g/mol. The van der Waals surface area contributed by atoms with Crippen LogP contribution < -0.4 is 9.80 Å². The normalized spacial score (nSPS) is 16.2. The molecule has 1 saturated heterocycles. The van der Waals surface area contributed by atoms with E-state index in [9.17, 15) is 8.78 Å². The smallest absolute Gasteiger partial charge is 0.159 e. The molecule has 110 valence electrons. The molecule has 1 N–H and O–H groups in total. The van der Waals surface area contributed by atoms with E-state index in [1.807, 2.05) is 6.07 Å². The highest BCUT2D eigenvalue weighted by Crippen LogP contribution is 2.12. The minimum Gasteiger partial charge on any atom is -0.360 e. The van der Waals surface area contributed by atoms with Crippen LogP contribution >= 0.6 is 0 Å². The minimum atomic E-state index is -0.775. The maximum absolute atomic E-state index is 13.2. The van der Waals surface area contributed by atoms with Crippen LogP contribution in [-0.4, -0.2) is 26.2 Å². The predicted molar refractivity (Wildman–Crippen MR) is 79.4 cm³/mol. The van der Waals surface area contributed by atoms with Gasteiger partial charge in [0.25, 0.3) is 0 Å². The lowest BCUT2D eigenvalue weighted by Gasteiger charge is -2.33. The van der Waals surface area contributed by atoms with Gasteiger partial charge in [0.05, 0.1) is 26.2 Å². The maximum atomic E-state index is 13.2. The van der Waals surface area contributed by atoms with Crippen molar-refractivity contribution >= 4 is 5.69 Å². The van der Waals surface area contributed by atoms with Crippen LogP contribution in [0.3, 0.4) is 0 Å². The largest absolute Gasteiger partial charge is 0.360 e. The Balaban J connectivity index is 1.57. The zero-order valence-electron chi connectivity index (χ0n) is 11.9. The molecule has 0 spiro atoms. The molecule has 0 aliphatic carbocycles. The molecule has 0 saturated carbocycles. The van der Waals surface area contributed by atoms with E-state index in [0.717, 1.165) is 38.3 Å². The van der Waals surface area contributed by atoms with E-state index >= 15 is 0 Å². The fourth-order valence-corrected chi connectivity index (χ4v) is 2.84. The third kappa shape index (κ3) is 3.39. The summed E-state index contributed by atoms with van der Waals surface area (Å²) in [6, 6.07) is 14.6. The van der Waals surface area contributed by atoms with Crippen molar-refractivity contribution in [2.24, 2.45) is 0 Å². The van der Waals surface area contributed by atoms with E-state index in [0.29, 0.717) is 0 Å². The fourth-order valence-electron chi connectivity index (χ4n) is 2.84. The molecule has 3 rings (SSSR count). The average molecular weight is 289 g/mol. The summed E-state index contributed by atoms with van der Waals surface area (Å²) >= 11 is 0. The van der Waals surface area contributed by atoms with E-state index in [1.165, 1.54) is 22.7 Å². The SMILES string of the molecule is Fc1ccc(C[NH+]2CCN(c3ccccc3)CC2)cc1F. The van der Waals surface area contributed by atoms with Crippen molar-refractivity contribution in [1.29, 1.82) is 0 Å². The van der Waals surface area contributed by atoms with Gasteiger partial charge in [-0.15, -0.1) is 0 Å². The van der Waals surface area contributed by atoms with E-state index < -0.39 is 11.6 Å². The Hall–Kier alpha value is -1.94. The lowest BCUT2D eigenvalue weighted by molar-refractivity contribution is -0.914. The quantitative estimate of drug-likeness (QED) is 0.906. The summed E-state index contributed by atoms with van der Waals surface area (Å²) < 4.78 is 26.2. The van der Waals surface area contributed by atoms with Gasteiger partial charge in [-0.2, -0.15) is 0 Å². The molecule has 0 amide bonds.